The Morgan fingerprint density at radius 2 is 1.88 bits per heavy atom. The van der Waals surface area contributed by atoms with E-state index in [1.54, 1.807) is 18.3 Å². The van der Waals surface area contributed by atoms with E-state index >= 15 is 0 Å². The van der Waals surface area contributed by atoms with E-state index in [0.29, 0.717) is 22.3 Å². The minimum Gasteiger partial charge on any atom is -0.340 e. The van der Waals surface area contributed by atoms with Gasteiger partial charge in [-0.15, -0.1) is 11.3 Å². The van der Waals surface area contributed by atoms with Gasteiger partial charge in [-0.25, -0.2) is 0 Å². The molecule has 2 aromatic heterocycles. The number of hydrogen-bond donors (Lipinski definition) is 0. The first-order valence-electron chi connectivity index (χ1n) is 8.30. The average molecular weight is 378 g/mol. The number of Topliss-reactive ketones (excluding diaryl/α,β-unsaturated/α-hetero) is 1. The lowest BCUT2D eigenvalue weighted by Gasteiger charge is -2.34. The molecule has 3 heterocycles. The Bertz CT molecular complexity index is 727. The second-order valence-electron chi connectivity index (χ2n) is 6.00. The van der Waals surface area contributed by atoms with E-state index in [1.165, 1.54) is 11.3 Å². The van der Waals surface area contributed by atoms with Crippen LogP contribution in [0.2, 0.25) is 4.34 Å². The van der Waals surface area contributed by atoms with Crippen LogP contribution in [-0.2, 0) is 11.3 Å². The summed E-state index contributed by atoms with van der Waals surface area (Å²) in [4.78, 5) is 33.5. The van der Waals surface area contributed by atoms with Gasteiger partial charge in [0.2, 0.25) is 5.91 Å². The van der Waals surface area contributed by atoms with E-state index in [9.17, 15) is 9.59 Å². The molecule has 3 rings (SSSR count). The molecule has 1 aliphatic rings. The molecule has 2 aromatic rings. The van der Waals surface area contributed by atoms with Crippen LogP contribution >= 0.6 is 22.9 Å². The number of aromatic nitrogens is 1. The molecule has 132 valence electrons. The van der Waals surface area contributed by atoms with Gasteiger partial charge >= 0.3 is 0 Å². The summed E-state index contributed by atoms with van der Waals surface area (Å²) in [5.41, 5.74) is 1.04. The number of thiophene rings is 1. The average Bonchev–Trinajstić information content (AvgIpc) is 3.07. The summed E-state index contributed by atoms with van der Waals surface area (Å²) in [6.07, 6.45) is 2.30. The van der Waals surface area contributed by atoms with Gasteiger partial charge in [0, 0.05) is 51.8 Å². The van der Waals surface area contributed by atoms with Gasteiger partial charge in [-0.1, -0.05) is 17.7 Å². The van der Waals surface area contributed by atoms with Crippen molar-refractivity contribution >= 4 is 34.6 Å². The smallest absolute Gasteiger partial charge is 0.223 e. The van der Waals surface area contributed by atoms with Crippen LogP contribution in [0.25, 0.3) is 0 Å². The van der Waals surface area contributed by atoms with Crippen molar-refractivity contribution in [3.63, 3.8) is 0 Å². The normalized spacial score (nSPS) is 15.3. The SMILES string of the molecule is O=C(CCC(=O)N1CCN(Cc2ccccn2)CC1)c1ccc(Cl)s1. The summed E-state index contributed by atoms with van der Waals surface area (Å²) >= 11 is 7.11. The third-order valence-corrected chi connectivity index (χ3v) is 5.52. The quantitative estimate of drug-likeness (QED) is 0.726. The molecule has 5 nitrogen and oxygen atoms in total. The number of pyridine rings is 1. The van der Waals surface area contributed by atoms with E-state index in [1.807, 2.05) is 23.1 Å². The van der Waals surface area contributed by atoms with E-state index in [0.717, 1.165) is 25.3 Å². The number of rotatable bonds is 6. The zero-order valence-electron chi connectivity index (χ0n) is 13.9. The zero-order chi connectivity index (χ0) is 17.6. The summed E-state index contributed by atoms with van der Waals surface area (Å²) in [6.45, 7) is 3.86. The molecule has 0 bridgehead atoms. The lowest BCUT2D eigenvalue weighted by atomic mass is 10.1. The van der Waals surface area contributed by atoms with Crippen molar-refractivity contribution < 1.29 is 9.59 Å². The fourth-order valence-corrected chi connectivity index (χ4v) is 3.85. The Morgan fingerprint density at radius 3 is 2.52 bits per heavy atom. The molecule has 0 aliphatic carbocycles. The maximum Gasteiger partial charge on any atom is 0.223 e. The highest BCUT2D eigenvalue weighted by Crippen LogP contribution is 2.23. The van der Waals surface area contributed by atoms with Crippen LogP contribution in [0, 0.1) is 0 Å². The Hall–Kier alpha value is -1.76. The van der Waals surface area contributed by atoms with Crippen molar-refractivity contribution in [1.82, 2.24) is 14.8 Å². The molecule has 1 saturated heterocycles. The zero-order valence-corrected chi connectivity index (χ0v) is 15.4. The van der Waals surface area contributed by atoms with Crippen molar-refractivity contribution in [2.45, 2.75) is 19.4 Å². The second-order valence-corrected chi connectivity index (χ2v) is 7.72. The summed E-state index contributed by atoms with van der Waals surface area (Å²) in [5.74, 6) is 0.0347. The van der Waals surface area contributed by atoms with Gasteiger partial charge in [-0.3, -0.25) is 19.5 Å². The maximum absolute atomic E-state index is 12.3. The fourth-order valence-electron chi connectivity index (χ4n) is 2.84. The monoisotopic (exact) mass is 377 g/mol. The van der Waals surface area contributed by atoms with Gasteiger partial charge in [0.1, 0.15) is 0 Å². The van der Waals surface area contributed by atoms with Gasteiger partial charge in [0.05, 0.1) is 14.9 Å². The number of nitrogens with zero attached hydrogens (tertiary/aromatic N) is 3. The van der Waals surface area contributed by atoms with Crippen molar-refractivity contribution in [3.05, 3.63) is 51.4 Å². The summed E-state index contributed by atoms with van der Waals surface area (Å²) in [6, 6.07) is 9.34. The fraction of sp³-hybridized carbons (Fsp3) is 0.389. The molecule has 7 heteroatoms. The molecule has 0 radical (unpaired) electrons. The van der Waals surface area contributed by atoms with Crippen molar-refractivity contribution in [2.75, 3.05) is 26.2 Å². The minimum atomic E-state index is -0.0148. The minimum absolute atomic E-state index is 0.0148. The molecular weight excluding hydrogens is 358 g/mol. The number of ketones is 1. The number of hydrogen-bond acceptors (Lipinski definition) is 5. The molecule has 1 aliphatic heterocycles. The second kappa shape index (κ2) is 8.56. The Morgan fingerprint density at radius 1 is 1.08 bits per heavy atom. The van der Waals surface area contributed by atoms with Gasteiger partial charge in [0.15, 0.2) is 5.78 Å². The van der Waals surface area contributed by atoms with Gasteiger partial charge in [-0.2, -0.15) is 0 Å². The molecule has 25 heavy (non-hydrogen) atoms. The van der Waals surface area contributed by atoms with Crippen LogP contribution < -0.4 is 0 Å². The highest BCUT2D eigenvalue weighted by molar-refractivity contribution is 7.18. The van der Waals surface area contributed by atoms with Crippen LogP contribution in [-0.4, -0.2) is 52.7 Å². The summed E-state index contributed by atoms with van der Waals surface area (Å²) in [7, 11) is 0. The lowest BCUT2D eigenvalue weighted by molar-refractivity contribution is -0.133. The van der Waals surface area contributed by atoms with Crippen LogP contribution in [0.3, 0.4) is 0 Å². The topological polar surface area (TPSA) is 53.5 Å². The van der Waals surface area contributed by atoms with Gasteiger partial charge < -0.3 is 4.90 Å². The van der Waals surface area contributed by atoms with E-state index in [4.69, 9.17) is 11.6 Å². The first-order valence-corrected chi connectivity index (χ1v) is 9.50. The van der Waals surface area contributed by atoms with Crippen molar-refractivity contribution in [2.24, 2.45) is 0 Å². The summed E-state index contributed by atoms with van der Waals surface area (Å²) < 4.78 is 0.596. The molecule has 0 atom stereocenters. The maximum atomic E-state index is 12.3. The van der Waals surface area contributed by atoms with E-state index < -0.39 is 0 Å². The standard InChI is InChI=1S/C18H20ClN3O2S/c19-17-6-5-16(25-17)15(23)4-7-18(24)22-11-9-21(10-12-22)13-14-3-1-2-8-20-14/h1-3,5-6,8H,4,7,9-13H2. The Labute approximate surface area is 156 Å². The van der Waals surface area contributed by atoms with Crippen LogP contribution in [0.5, 0.6) is 0 Å². The molecule has 0 saturated carbocycles. The van der Waals surface area contributed by atoms with E-state index in [-0.39, 0.29) is 24.5 Å². The summed E-state index contributed by atoms with van der Waals surface area (Å²) in [5, 5.41) is 0. The first-order chi connectivity index (χ1) is 12.1. The predicted octanol–water partition coefficient (Wildman–Crippen LogP) is 3.10. The Kier molecular flexibility index (Phi) is 6.18. The molecule has 0 spiro atoms. The van der Waals surface area contributed by atoms with E-state index in [2.05, 4.69) is 9.88 Å². The first kappa shape index (κ1) is 18.0. The lowest BCUT2D eigenvalue weighted by Crippen LogP contribution is -2.48. The van der Waals surface area contributed by atoms with Crippen LogP contribution in [0.1, 0.15) is 28.2 Å². The Balaban J connectivity index is 1.41. The third kappa shape index (κ3) is 5.11. The van der Waals surface area contributed by atoms with Crippen LogP contribution in [0.15, 0.2) is 36.5 Å². The number of amides is 1. The largest absolute Gasteiger partial charge is 0.340 e. The van der Waals surface area contributed by atoms with Crippen molar-refractivity contribution in [3.8, 4) is 0 Å². The number of piperazine rings is 1. The highest BCUT2D eigenvalue weighted by Gasteiger charge is 2.22. The molecule has 0 unspecified atom stereocenters. The third-order valence-electron chi connectivity index (χ3n) is 4.25. The molecule has 0 aromatic carbocycles. The number of carbonyl (C=O) groups is 2. The molecule has 1 fully saturated rings. The highest BCUT2D eigenvalue weighted by atomic mass is 35.5. The molecule has 1 amide bonds. The van der Waals surface area contributed by atoms with Crippen molar-refractivity contribution in [1.29, 1.82) is 0 Å². The number of halogens is 1. The molecular formula is C18H20ClN3O2S. The molecule has 0 N–H and O–H groups in total. The predicted molar refractivity (Wildman–Crippen MR) is 99.0 cm³/mol. The van der Waals surface area contributed by atoms with Gasteiger partial charge in [0.25, 0.3) is 0 Å². The van der Waals surface area contributed by atoms with Crippen LogP contribution in [0.4, 0.5) is 0 Å². The van der Waals surface area contributed by atoms with Gasteiger partial charge in [-0.05, 0) is 24.3 Å². The number of carbonyl (C=O) groups excluding carboxylic acids is 2.